The minimum atomic E-state index is -0.848. The van der Waals surface area contributed by atoms with Crippen molar-refractivity contribution in [2.24, 2.45) is 0 Å². The van der Waals surface area contributed by atoms with E-state index >= 15 is 0 Å². The summed E-state index contributed by atoms with van der Waals surface area (Å²) in [5.41, 5.74) is 0.865. The van der Waals surface area contributed by atoms with Crippen molar-refractivity contribution in [1.29, 1.82) is 0 Å². The molecule has 0 spiro atoms. The van der Waals surface area contributed by atoms with E-state index in [2.05, 4.69) is 0 Å². The molecule has 6 heteroatoms. The molecule has 2 rings (SSSR count). The van der Waals surface area contributed by atoms with Crippen LogP contribution in [0.5, 0.6) is 34.5 Å². The van der Waals surface area contributed by atoms with Crippen LogP contribution in [-0.2, 0) is 5.41 Å². The van der Waals surface area contributed by atoms with Gasteiger partial charge in [-0.3, -0.25) is 0 Å². The first kappa shape index (κ1) is 16.6. The number of aromatic hydroxyl groups is 6. The third-order valence-corrected chi connectivity index (χ3v) is 4.36. The molecule has 0 saturated carbocycles. The highest BCUT2D eigenvalue weighted by molar-refractivity contribution is 5.63. The molecular formula is C17H20O6. The molecule has 0 aliphatic rings. The molecule has 0 atom stereocenters. The maximum Gasteiger partial charge on any atom is 0.200 e. The number of phenols is 6. The summed E-state index contributed by atoms with van der Waals surface area (Å²) >= 11 is 0. The van der Waals surface area contributed by atoms with Crippen molar-refractivity contribution in [3.05, 3.63) is 34.4 Å². The lowest BCUT2D eigenvalue weighted by atomic mass is 9.74. The predicted molar refractivity (Wildman–Crippen MR) is 84.5 cm³/mol. The van der Waals surface area contributed by atoms with Crippen molar-refractivity contribution in [3.63, 3.8) is 0 Å². The average molecular weight is 320 g/mol. The summed E-state index contributed by atoms with van der Waals surface area (Å²) in [7, 11) is 0. The van der Waals surface area contributed by atoms with Gasteiger partial charge >= 0.3 is 0 Å². The first-order chi connectivity index (χ1) is 10.5. The molecule has 0 radical (unpaired) electrons. The maximum absolute atomic E-state index is 9.95. The van der Waals surface area contributed by atoms with Crippen LogP contribution in [0.3, 0.4) is 0 Å². The van der Waals surface area contributed by atoms with Crippen molar-refractivity contribution in [2.75, 3.05) is 0 Å². The van der Waals surface area contributed by atoms with E-state index in [0.29, 0.717) is 22.3 Å². The second-order valence-corrected chi connectivity index (χ2v) is 6.16. The van der Waals surface area contributed by atoms with Gasteiger partial charge in [0.05, 0.1) is 0 Å². The zero-order chi connectivity index (χ0) is 17.7. The van der Waals surface area contributed by atoms with E-state index in [1.165, 1.54) is 12.1 Å². The molecule has 0 amide bonds. The largest absolute Gasteiger partial charge is 0.504 e. The van der Waals surface area contributed by atoms with Gasteiger partial charge in [-0.2, -0.15) is 0 Å². The highest BCUT2D eigenvalue weighted by atomic mass is 16.3. The zero-order valence-corrected chi connectivity index (χ0v) is 13.3. The van der Waals surface area contributed by atoms with Crippen LogP contribution in [0.4, 0.5) is 0 Å². The second kappa shape index (κ2) is 5.15. The minimum Gasteiger partial charge on any atom is -0.504 e. The van der Waals surface area contributed by atoms with Gasteiger partial charge in [-0.15, -0.1) is 0 Å². The van der Waals surface area contributed by atoms with E-state index < -0.39 is 39.9 Å². The van der Waals surface area contributed by atoms with Crippen LogP contribution in [0, 0.1) is 13.8 Å². The van der Waals surface area contributed by atoms with Crippen LogP contribution < -0.4 is 0 Å². The Balaban J connectivity index is 2.79. The lowest BCUT2D eigenvalue weighted by Crippen LogP contribution is -2.21. The first-order valence-electron chi connectivity index (χ1n) is 7.00. The molecule has 0 bridgehead atoms. The fourth-order valence-electron chi connectivity index (χ4n) is 2.92. The molecule has 2 aromatic carbocycles. The van der Waals surface area contributed by atoms with E-state index in [1.807, 2.05) is 0 Å². The van der Waals surface area contributed by atoms with E-state index in [0.717, 1.165) is 0 Å². The molecule has 0 aliphatic heterocycles. The quantitative estimate of drug-likeness (QED) is 0.473. The monoisotopic (exact) mass is 320 g/mol. The van der Waals surface area contributed by atoms with Gasteiger partial charge in [0.2, 0.25) is 11.5 Å². The van der Waals surface area contributed by atoms with Crippen LogP contribution in [0.15, 0.2) is 12.1 Å². The van der Waals surface area contributed by atoms with Crippen LogP contribution >= 0.6 is 0 Å². The molecule has 23 heavy (non-hydrogen) atoms. The zero-order valence-electron chi connectivity index (χ0n) is 13.3. The Morgan fingerprint density at radius 1 is 0.609 bits per heavy atom. The van der Waals surface area contributed by atoms with Gasteiger partial charge < -0.3 is 30.6 Å². The normalized spacial score (nSPS) is 11.7. The Bertz CT molecular complexity index is 727. The summed E-state index contributed by atoms with van der Waals surface area (Å²) in [6.07, 6.45) is 0. The van der Waals surface area contributed by atoms with E-state index in [9.17, 15) is 30.6 Å². The average Bonchev–Trinajstić information content (AvgIpc) is 2.49. The summed E-state index contributed by atoms with van der Waals surface area (Å²) in [5, 5.41) is 58.7. The van der Waals surface area contributed by atoms with Crippen LogP contribution in [0.1, 0.15) is 36.1 Å². The molecule has 0 unspecified atom stereocenters. The lowest BCUT2D eigenvalue weighted by molar-refractivity contribution is 0.361. The molecule has 0 fully saturated rings. The summed E-state index contributed by atoms with van der Waals surface area (Å²) in [6, 6.07) is 2.65. The molecule has 0 aliphatic carbocycles. The highest BCUT2D eigenvalue weighted by Gasteiger charge is 2.32. The van der Waals surface area contributed by atoms with Gasteiger partial charge in [-0.25, -0.2) is 0 Å². The lowest BCUT2D eigenvalue weighted by Gasteiger charge is -2.30. The molecular weight excluding hydrogens is 300 g/mol. The number of benzene rings is 2. The number of hydrogen-bond acceptors (Lipinski definition) is 6. The van der Waals surface area contributed by atoms with Crippen LogP contribution in [0.2, 0.25) is 0 Å². The van der Waals surface area contributed by atoms with E-state index in [1.54, 1.807) is 27.7 Å². The highest BCUT2D eigenvalue weighted by Crippen LogP contribution is 2.48. The van der Waals surface area contributed by atoms with Crippen molar-refractivity contribution >= 4 is 0 Å². The standard InChI is InChI=1S/C17H20O6/c1-7-9(5-11(18)15(22)13(7)20)17(3,4)10-6-12(19)16(23)14(21)8(10)2/h5-6,18-23H,1-4H3. The maximum atomic E-state index is 9.95. The summed E-state index contributed by atoms with van der Waals surface area (Å²) in [5.74, 6) is -3.01. The number of rotatable bonds is 2. The summed E-state index contributed by atoms with van der Waals surface area (Å²) in [4.78, 5) is 0. The molecule has 0 heterocycles. The van der Waals surface area contributed by atoms with Gasteiger partial charge in [-0.05, 0) is 48.2 Å². The summed E-state index contributed by atoms with van der Waals surface area (Å²) < 4.78 is 0. The molecule has 0 aromatic heterocycles. The Hall–Kier alpha value is -2.76. The van der Waals surface area contributed by atoms with Crippen LogP contribution in [0.25, 0.3) is 0 Å². The first-order valence-corrected chi connectivity index (χ1v) is 7.00. The van der Waals surface area contributed by atoms with Crippen LogP contribution in [-0.4, -0.2) is 30.6 Å². The topological polar surface area (TPSA) is 121 Å². The Labute approximate surface area is 133 Å². The summed E-state index contributed by atoms with van der Waals surface area (Å²) in [6.45, 7) is 6.70. The molecule has 6 N–H and O–H groups in total. The smallest absolute Gasteiger partial charge is 0.200 e. The van der Waals surface area contributed by atoms with Crippen molar-refractivity contribution in [1.82, 2.24) is 0 Å². The van der Waals surface area contributed by atoms with Gasteiger partial charge in [0.25, 0.3) is 0 Å². The molecule has 2 aromatic rings. The Kier molecular flexibility index (Phi) is 3.72. The third-order valence-electron chi connectivity index (χ3n) is 4.36. The van der Waals surface area contributed by atoms with E-state index in [4.69, 9.17) is 0 Å². The number of hydrogen-bond donors (Lipinski definition) is 6. The Morgan fingerprint density at radius 3 is 1.22 bits per heavy atom. The SMILES string of the molecule is Cc1c(C(C)(C)c2cc(O)c(O)c(O)c2C)cc(O)c(O)c1O. The van der Waals surface area contributed by atoms with E-state index in [-0.39, 0.29) is 0 Å². The fourth-order valence-corrected chi connectivity index (χ4v) is 2.92. The Morgan fingerprint density at radius 2 is 0.913 bits per heavy atom. The van der Waals surface area contributed by atoms with Gasteiger partial charge in [0.15, 0.2) is 23.0 Å². The number of phenolic OH excluding ortho intramolecular Hbond substituents is 6. The van der Waals surface area contributed by atoms with Crippen molar-refractivity contribution < 1.29 is 30.6 Å². The fraction of sp³-hybridized carbons (Fsp3) is 0.294. The molecule has 0 saturated heterocycles. The molecule has 6 nitrogen and oxygen atoms in total. The molecule has 124 valence electrons. The predicted octanol–water partition coefficient (Wildman–Crippen LogP) is 2.86. The second-order valence-electron chi connectivity index (χ2n) is 6.16. The third kappa shape index (κ3) is 2.36. The van der Waals surface area contributed by atoms with Crippen molar-refractivity contribution in [3.8, 4) is 34.5 Å². The van der Waals surface area contributed by atoms with Gasteiger partial charge in [0, 0.05) is 5.41 Å². The minimum absolute atomic E-state index is 0.358. The van der Waals surface area contributed by atoms with Gasteiger partial charge in [-0.1, -0.05) is 13.8 Å². The van der Waals surface area contributed by atoms with Gasteiger partial charge in [0.1, 0.15) is 0 Å². The van der Waals surface area contributed by atoms with Crippen molar-refractivity contribution in [2.45, 2.75) is 33.1 Å².